The van der Waals surface area contributed by atoms with Gasteiger partial charge >= 0.3 is 0 Å². The zero-order valence-electron chi connectivity index (χ0n) is 16.7. The molecule has 0 saturated heterocycles. The van der Waals surface area contributed by atoms with Gasteiger partial charge in [-0.2, -0.15) is 0 Å². The molecule has 0 aliphatic carbocycles. The van der Waals surface area contributed by atoms with Gasteiger partial charge in [0.05, 0.1) is 26.4 Å². The summed E-state index contributed by atoms with van der Waals surface area (Å²) < 4.78 is 16.9. The number of anilines is 1. The van der Waals surface area contributed by atoms with Gasteiger partial charge in [0.1, 0.15) is 0 Å². The van der Waals surface area contributed by atoms with E-state index in [-0.39, 0.29) is 0 Å². The average molecular weight is 383 g/mol. The molecule has 0 amide bonds. The maximum atomic E-state index is 5.76. The molecule has 1 heterocycles. The summed E-state index contributed by atoms with van der Waals surface area (Å²) in [6.45, 7) is 8.16. The summed E-state index contributed by atoms with van der Waals surface area (Å²) in [6.07, 6.45) is 0.894. The number of nitrogens with zero attached hydrogens (tertiary/aromatic N) is 1. The zero-order chi connectivity index (χ0) is 19.6. The van der Waals surface area contributed by atoms with Crippen LogP contribution in [0, 0.1) is 0 Å². The molecular weight excluding hydrogens is 354 g/mol. The fourth-order valence-electron chi connectivity index (χ4n) is 2.82. The molecule has 0 bridgehead atoms. The summed E-state index contributed by atoms with van der Waals surface area (Å²) in [5, 5.41) is 6.62. The molecule has 0 saturated carbocycles. The zero-order valence-corrected chi connectivity index (χ0v) is 16.7. The first kappa shape index (κ1) is 20.0. The third-order valence-electron chi connectivity index (χ3n) is 4.27. The lowest BCUT2D eigenvalue weighted by atomic mass is 10.1. The Kier molecular flexibility index (Phi) is 7.55. The Morgan fingerprint density at radius 1 is 1.00 bits per heavy atom. The number of ether oxygens (including phenoxy) is 3. The molecule has 2 N–H and O–H groups in total. The molecule has 28 heavy (non-hydrogen) atoms. The summed E-state index contributed by atoms with van der Waals surface area (Å²) in [4.78, 5) is 4.69. The molecule has 2 aromatic carbocycles. The van der Waals surface area contributed by atoms with Crippen LogP contribution in [-0.4, -0.2) is 32.3 Å². The van der Waals surface area contributed by atoms with Crippen molar-refractivity contribution in [3.05, 3.63) is 53.6 Å². The lowest BCUT2D eigenvalue weighted by Gasteiger charge is -2.14. The van der Waals surface area contributed by atoms with Crippen LogP contribution in [0.5, 0.6) is 11.5 Å². The summed E-state index contributed by atoms with van der Waals surface area (Å²) in [7, 11) is 0. The fourth-order valence-corrected chi connectivity index (χ4v) is 2.82. The highest BCUT2D eigenvalue weighted by molar-refractivity contribution is 5.93. The lowest BCUT2D eigenvalue weighted by Crippen LogP contribution is -2.30. The van der Waals surface area contributed by atoms with E-state index in [4.69, 9.17) is 19.2 Å². The Bertz CT molecular complexity index is 775. The predicted molar refractivity (Wildman–Crippen MR) is 112 cm³/mol. The number of nitrogens with one attached hydrogen (secondary N) is 2. The van der Waals surface area contributed by atoms with Gasteiger partial charge in [-0.3, -0.25) is 0 Å². The second-order valence-electron chi connectivity index (χ2n) is 6.49. The van der Waals surface area contributed by atoms with E-state index in [1.165, 1.54) is 5.56 Å². The minimum atomic E-state index is 0.592. The van der Waals surface area contributed by atoms with Crippen molar-refractivity contribution in [3.8, 4) is 11.5 Å². The van der Waals surface area contributed by atoms with Crippen molar-refractivity contribution in [2.75, 3.05) is 31.7 Å². The predicted octanol–water partition coefficient (Wildman–Crippen LogP) is 3.96. The molecule has 0 fully saturated rings. The molecule has 1 aliphatic heterocycles. The van der Waals surface area contributed by atoms with Crippen LogP contribution in [0.2, 0.25) is 0 Å². The van der Waals surface area contributed by atoms with Crippen molar-refractivity contribution in [1.29, 1.82) is 0 Å². The highest BCUT2D eigenvalue weighted by Gasteiger charge is 2.11. The Balaban J connectivity index is 1.65. The first-order valence-corrected chi connectivity index (χ1v) is 9.89. The van der Waals surface area contributed by atoms with E-state index in [1.807, 2.05) is 32.0 Å². The number of fused-ring (bicyclic) bond motifs is 1. The Labute approximate surface area is 166 Å². The molecule has 0 aromatic heterocycles. The SMILES string of the molecule is CCNC(=NCc1ccc(COCC)cc1)Nc1ccc2c(c1)OCCCO2. The van der Waals surface area contributed by atoms with E-state index >= 15 is 0 Å². The first-order valence-electron chi connectivity index (χ1n) is 9.89. The normalized spacial score (nSPS) is 13.7. The molecule has 2 aromatic rings. The second kappa shape index (κ2) is 10.6. The number of hydrogen-bond donors (Lipinski definition) is 2. The number of guanidine groups is 1. The van der Waals surface area contributed by atoms with Gasteiger partial charge in [-0.1, -0.05) is 24.3 Å². The molecule has 0 spiro atoms. The van der Waals surface area contributed by atoms with Gasteiger partial charge in [0, 0.05) is 31.3 Å². The molecule has 6 heteroatoms. The van der Waals surface area contributed by atoms with Gasteiger partial charge in [0.25, 0.3) is 0 Å². The summed E-state index contributed by atoms with van der Waals surface area (Å²) >= 11 is 0. The van der Waals surface area contributed by atoms with Crippen LogP contribution >= 0.6 is 0 Å². The van der Waals surface area contributed by atoms with E-state index in [2.05, 4.69) is 34.9 Å². The molecule has 3 rings (SSSR count). The minimum Gasteiger partial charge on any atom is -0.490 e. The Morgan fingerprint density at radius 3 is 2.50 bits per heavy atom. The Morgan fingerprint density at radius 2 is 1.75 bits per heavy atom. The summed E-state index contributed by atoms with van der Waals surface area (Å²) in [5.41, 5.74) is 3.24. The molecule has 6 nitrogen and oxygen atoms in total. The fraction of sp³-hybridized carbons (Fsp3) is 0.409. The molecular formula is C22H29N3O3. The second-order valence-corrected chi connectivity index (χ2v) is 6.49. The number of aliphatic imine (C=N–C) groups is 1. The highest BCUT2D eigenvalue weighted by Crippen LogP contribution is 2.32. The van der Waals surface area contributed by atoms with Gasteiger partial charge in [-0.25, -0.2) is 4.99 Å². The van der Waals surface area contributed by atoms with Crippen molar-refractivity contribution in [3.63, 3.8) is 0 Å². The van der Waals surface area contributed by atoms with Gasteiger partial charge in [-0.05, 0) is 37.1 Å². The smallest absolute Gasteiger partial charge is 0.196 e. The molecule has 150 valence electrons. The lowest BCUT2D eigenvalue weighted by molar-refractivity contribution is 0.134. The van der Waals surface area contributed by atoms with Crippen molar-refractivity contribution in [2.45, 2.75) is 33.4 Å². The third-order valence-corrected chi connectivity index (χ3v) is 4.27. The van der Waals surface area contributed by atoms with E-state index in [0.717, 1.165) is 48.3 Å². The van der Waals surface area contributed by atoms with Crippen LogP contribution in [0.1, 0.15) is 31.4 Å². The third kappa shape index (κ3) is 5.89. The van der Waals surface area contributed by atoms with E-state index in [1.54, 1.807) is 0 Å². The average Bonchev–Trinajstić information content (AvgIpc) is 2.96. The monoisotopic (exact) mass is 383 g/mol. The van der Waals surface area contributed by atoms with Crippen molar-refractivity contribution in [2.24, 2.45) is 4.99 Å². The van der Waals surface area contributed by atoms with Crippen LogP contribution in [0.25, 0.3) is 0 Å². The standard InChI is InChI=1S/C22H29N3O3/c1-3-23-22(24-15-17-6-8-18(9-7-17)16-26-4-2)25-19-10-11-20-21(14-19)28-13-5-12-27-20/h6-11,14H,3-5,12-13,15-16H2,1-2H3,(H2,23,24,25). The maximum absolute atomic E-state index is 5.76. The van der Waals surface area contributed by atoms with E-state index < -0.39 is 0 Å². The van der Waals surface area contributed by atoms with Gasteiger partial charge in [0.15, 0.2) is 17.5 Å². The molecule has 0 radical (unpaired) electrons. The van der Waals surface area contributed by atoms with E-state index in [0.29, 0.717) is 26.4 Å². The Hall–Kier alpha value is -2.73. The number of rotatable bonds is 7. The first-order chi connectivity index (χ1) is 13.8. The van der Waals surface area contributed by atoms with Gasteiger partial charge in [-0.15, -0.1) is 0 Å². The summed E-state index contributed by atoms with van der Waals surface area (Å²) in [6, 6.07) is 14.2. The van der Waals surface area contributed by atoms with Crippen molar-refractivity contribution < 1.29 is 14.2 Å². The van der Waals surface area contributed by atoms with Crippen LogP contribution < -0.4 is 20.1 Å². The van der Waals surface area contributed by atoms with Gasteiger partial charge in [0.2, 0.25) is 0 Å². The molecule has 0 atom stereocenters. The van der Waals surface area contributed by atoms with Crippen molar-refractivity contribution >= 4 is 11.6 Å². The van der Waals surface area contributed by atoms with Crippen LogP contribution in [-0.2, 0) is 17.9 Å². The van der Waals surface area contributed by atoms with Crippen molar-refractivity contribution in [1.82, 2.24) is 5.32 Å². The topological polar surface area (TPSA) is 64.1 Å². The quantitative estimate of drug-likeness (QED) is 0.560. The highest BCUT2D eigenvalue weighted by atomic mass is 16.5. The number of hydrogen-bond acceptors (Lipinski definition) is 4. The molecule has 1 aliphatic rings. The summed E-state index contributed by atoms with van der Waals surface area (Å²) in [5.74, 6) is 2.29. The van der Waals surface area contributed by atoms with Gasteiger partial charge < -0.3 is 24.8 Å². The minimum absolute atomic E-state index is 0.592. The largest absolute Gasteiger partial charge is 0.490 e. The number of benzene rings is 2. The van der Waals surface area contributed by atoms with Crippen LogP contribution in [0.3, 0.4) is 0 Å². The maximum Gasteiger partial charge on any atom is 0.196 e. The molecule has 0 unspecified atom stereocenters. The van der Waals surface area contributed by atoms with Crippen LogP contribution in [0.4, 0.5) is 5.69 Å². The van der Waals surface area contributed by atoms with Crippen LogP contribution in [0.15, 0.2) is 47.5 Å². The van der Waals surface area contributed by atoms with E-state index in [9.17, 15) is 0 Å².